The van der Waals surface area contributed by atoms with E-state index in [0.717, 1.165) is 16.5 Å². The number of anilines is 1. The van der Waals surface area contributed by atoms with Crippen LogP contribution in [0.5, 0.6) is 0 Å². The van der Waals surface area contributed by atoms with Gasteiger partial charge in [0.25, 0.3) is 0 Å². The van der Waals surface area contributed by atoms with Crippen molar-refractivity contribution in [1.82, 2.24) is 9.97 Å². The fourth-order valence-electron chi connectivity index (χ4n) is 2.33. The summed E-state index contributed by atoms with van der Waals surface area (Å²) in [6.07, 6.45) is 1.76. The Hall–Kier alpha value is -2.52. The third kappa shape index (κ3) is 3.46. The van der Waals surface area contributed by atoms with Gasteiger partial charge in [-0.25, -0.2) is 10.4 Å². The fourth-order valence-corrected chi connectivity index (χ4v) is 2.33. The monoisotopic (exact) mass is 310 g/mol. The molecule has 3 aromatic rings. The van der Waals surface area contributed by atoms with Crippen LogP contribution in [0.25, 0.3) is 10.9 Å². The topological polar surface area (TPSA) is 121 Å². The number of hydrogen-bond donors (Lipinski definition) is 5. The standard InChI is InChI=1S/C15H16BN5O2/c17-21-13-5-6-14(16(22)23)20-15(13)19-9-10-3-4-12-11(8-10)2-1-7-18-12/h1-8,21-23H,9,17H2,(H,19,20)/p+1. The number of rotatable bonds is 5. The zero-order valence-corrected chi connectivity index (χ0v) is 12.3. The van der Waals surface area contributed by atoms with Gasteiger partial charge >= 0.3 is 7.12 Å². The molecule has 0 unspecified atom stereocenters. The number of nitrogens with zero attached hydrogens (tertiary/aromatic N) is 2. The predicted molar refractivity (Wildman–Crippen MR) is 88.9 cm³/mol. The highest BCUT2D eigenvalue weighted by Gasteiger charge is 2.16. The van der Waals surface area contributed by atoms with Crippen molar-refractivity contribution in [2.24, 2.45) is 5.84 Å². The molecule has 1 aromatic carbocycles. The summed E-state index contributed by atoms with van der Waals surface area (Å²) in [5.74, 6) is 6.09. The zero-order valence-electron chi connectivity index (χ0n) is 12.3. The molecule has 0 saturated carbocycles. The molecule has 0 aliphatic rings. The Labute approximate surface area is 133 Å². The Morgan fingerprint density at radius 1 is 1.17 bits per heavy atom. The Morgan fingerprint density at radius 2 is 2.04 bits per heavy atom. The smallest absolute Gasteiger partial charge is 0.422 e. The third-order valence-electron chi connectivity index (χ3n) is 3.52. The Kier molecular flexibility index (Phi) is 4.49. The average Bonchev–Trinajstić information content (AvgIpc) is 2.59. The highest BCUT2D eigenvalue weighted by atomic mass is 16.4. The molecule has 0 radical (unpaired) electrons. The molecule has 0 amide bonds. The van der Waals surface area contributed by atoms with Crippen LogP contribution in [0.3, 0.4) is 0 Å². The average molecular weight is 310 g/mol. The molecular formula is C15H17BN5O2+. The van der Waals surface area contributed by atoms with Gasteiger partial charge in [0.1, 0.15) is 0 Å². The van der Waals surface area contributed by atoms with Crippen molar-refractivity contribution in [3.63, 3.8) is 0 Å². The second-order valence-electron chi connectivity index (χ2n) is 5.10. The Balaban J connectivity index is 1.82. The lowest BCUT2D eigenvalue weighted by Gasteiger charge is -2.10. The number of nitrogens with two attached hydrogens (primary N) is 2. The predicted octanol–water partition coefficient (Wildman–Crippen LogP) is -1.01. The number of hydrogen-bond acceptors (Lipinski definition) is 6. The van der Waals surface area contributed by atoms with Crippen LogP contribution in [0, 0.1) is 0 Å². The van der Waals surface area contributed by atoms with Crippen molar-refractivity contribution >= 4 is 35.1 Å². The number of quaternary nitrogens is 1. The van der Waals surface area contributed by atoms with Gasteiger partial charge in [-0.2, -0.15) is 5.84 Å². The summed E-state index contributed by atoms with van der Waals surface area (Å²) in [5, 5.41) is 22.7. The van der Waals surface area contributed by atoms with E-state index in [4.69, 9.17) is 5.84 Å². The lowest BCUT2D eigenvalue weighted by Crippen LogP contribution is -2.85. The Bertz CT molecular complexity index is 828. The second kappa shape index (κ2) is 6.72. The van der Waals surface area contributed by atoms with E-state index in [-0.39, 0.29) is 5.59 Å². The lowest BCUT2D eigenvalue weighted by atomic mass is 9.85. The van der Waals surface area contributed by atoms with Crippen molar-refractivity contribution in [2.75, 3.05) is 5.32 Å². The summed E-state index contributed by atoms with van der Waals surface area (Å²) in [6, 6.07) is 13.1. The van der Waals surface area contributed by atoms with E-state index in [0.29, 0.717) is 18.1 Å². The highest BCUT2D eigenvalue weighted by Crippen LogP contribution is 2.16. The number of pyridine rings is 2. The van der Waals surface area contributed by atoms with Gasteiger partial charge in [0.15, 0.2) is 11.5 Å². The zero-order chi connectivity index (χ0) is 16.2. The fraction of sp³-hybridized carbons (Fsp3) is 0.0667. The first kappa shape index (κ1) is 15.4. The van der Waals surface area contributed by atoms with Crippen molar-refractivity contribution in [1.29, 1.82) is 0 Å². The third-order valence-corrected chi connectivity index (χ3v) is 3.52. The van der Waals surface area contributed by atoms with Gasteiger partial charge in [0.05, 0.1) is 11.1 Å². The molecule has 23 heavy (non-hydrogen) atoms. The first-order valence-electron chi connectivity index (χ1n) is 7.17. The van der Waals surface area contributed by atoms with E-state index < -0.39 is 7.12 Å². The molecule has 0 saturated heterocycles. The SMILES string of the molecule is N[NH2+]c1ccc(B(O)O)nc1NCc1ccc2ncccc2c1. The minimum Gasteiger partial charge on any atom is -0.422 e. The maximum absolute atomic E-state index is 9.23. The van der Waals surface area contributed by atoms with Gasteiger partial charge in [-0.3, -0.25) is 4.98 Å². The molecule has 7 nitrogen and oxygen atoms in total. The molecule has 0 fully saturated rings. The molecule has 0 spiro atoms. The van der Waals surface area contributed by atoms with E-state index >= 15 is 0 Å². The molecule has 7 N–H and O–H groups in total. The van der Waals surface area contributed by atoms with Crippen LogP contribution in [-0.4, -0.2) is 27.1 Å². The maximum atomic E-state index is 9.23. The molecule has 116 valence electrons. The van der Waals surface area contributed by atoms with Crippen LogP contribution >= 0.6 is 0 Å². The first-order valence-corrected chi connectivity index (χ1v) is 7.17. The van der Waals surface area contributed by atoms with Crippen LogP contribution in [0.2, 0.25) is 0 Å². The first-order chi connectivity index (χ1) is 11.2. The number of aromatic nitrogens is 2. The summed E-state index contributed by atoms with van der Waals surface area (Å²) in [4.78, 5) is 8.47. The molecule has 2 heterocycles. The van der Waals surface area contributed by atoms with Crippen molar-refractivity contribution < 1.29 is 15.5 Å². The molecule has 0 atom stereocenters. The van der Waals surface area contributed by atoms with Crippen molar-refractivity contribution in [2.45, 2.75) is 6.54 Å². The number of nitrogens with one attached hydrogen (secondary N) is 1. The van der Waals surface area contributed by atoms with Gasteiger partial charge in [-0.1, -0.05) is 12.1 Å². The van der Waals surface area contributed by atoms with Crippen LogP contribution in [0.15, 0.2) is 48.7 Å². The van der Waals surface area contributed by atoms with E-state index in [1.807, 2.05) is 30.3 Å². The van der Waals surface area contributed by atoms with E-state index in [9.17, 15) is 10.0 Å². The van der Waals surface area contributed by atoms with Crippen LogP contribution < -0.4 is 22.2 Å². The van der Waals surface area contributed by atoms with Crippen molar-refractivity contribution in [3.05, 3.63) is 54.2 Å². The van der Waals surface area contributed by atoms with Gasteiger partial charge in [-0.15, -0.1) is 0 Å². The number of fused-ring (bicyclic) bond motifs is 1. The molecule has 0 bridgehead atoms. The lowest BCUT2D eigenvalue weighted by molar-refractivity contribution is -0.583. The summed E-state index contributed by atoms with van der Waals surface area (Å²) >= 11 is 0. The summed E-state index contributed by atoms with van der Waals surface area (Å²) in [5.41, 5.74) is 4.28. The van der Waals surface area contributed by atoms with Crippen molar-refractivity contribution in [3.8, 4) is 0 Å². The highest BCUT2D eigenvalue weighted by molar-refractivity contribution is 6.57. The largest absolute Gasteiger partial charge is 0.508 e. The quantitative estimate of drug-likeness (QED) is 0.234. The molecule has 3 rings (SSSR count). The maximum Gasteiger partial charge on any atom is 0.508 e. The Morgan fingerprint density at radius 3 is 2.83 bits per heavy atom. The van der Waals surface area contributed by atoms with Gasteiger partial charge in [0, 0.05) is 24.2 Å². The van der Waals surface area contributed by atoms with E-state index in [1.54, 1.807) is 12.3 Å². The molecule has 8 heteroatoms. The second-order valence-corrected chi connectivity index (χ2v) is 5.10. The van der Waals surface area contributed by atoms with Crippen LogP contribution in [-0.2, 0) is 6.54 Å². The molecule has 2 aromatic heterocycles. The van der Waals surface area contributed by atoms with Gasteiger partial charge in [-0.05, 0) is 29.8 Å². The minimum atomic E-state index is -1.62. The molecular weight excluding hydrogens is 293 g/mol. The molecule has 0 aliphatic heterocycles. The van der Waals surface area contributed by atoms with E-state index in [2.05, 4.69) is 15.3 Å². The van der Waals surface area contributed by atoms with Gasteiger partial charge in [0.2, 0.25) is 0 Å². The summed E-state index contributed by atoms with van der Waals surface area (Å²) < 4.78 is 0. The summed E-state index contributed by atoms with van der Waals surface area (Å²) in [6.45, 7) is 0.531. The van der Waals surface area contributed by atoms with E-state index in [1.165, 1.54) is 11.5 Å². The minimum absolute atomic E-state index is 0.167. The van der Waals surface area contributed by atoms with Crippen LogP contribution in [0.4, 0.5) is 11.5 Å². The normalized spacial score (nSPS) is 10.7. The molecule has 0 aliphatic carbocycles. The van der Waals surface area contributed by atoms with Gasteiger partial charge < -0.3 is 15.4 Å². The van der Waals surface area contributed by atoms with Crippen LogP contribution in [0.1, 0.15) is 5.56 Å². The summed E-state index contributed by atoms with van der Waals surface area (Å²) in [7, 11) is -1.62. The number of benzene rings is 1.